The molecule has 0 radical (unpaired) electrons. The number of hydrogen-bond acceptors (Lipinski definition) is 6. The first-order valence-electron chi connectivity index (χ1n) is 10.6. The number of piperidine rings is 1. The molecule has 0 spiro atoms. The highest BCUT2D eigenvalue weighted by Gasteiger charge is 2.28. The zero-order valence-corrected chi connectivity index (χ0v) is 18.7. The lowest BCUT2D eigenvalue weighted by atomic mass is 9.92. The van der Waals surface area contributed by atoms with E-state index in [1.807, 2.05) is 35.8 Å². The number of carbonyl (C=O) groups is 2. The van der Waals surface area contributed by atoms with E-state index in [2.05, 4.69) is 21.9 Å². The minimum absolute atomic E-state index is 0.0674. The van der Waals surface area contributed by atoms with Crippen LogP contribution in [0.1, 0.15) is 55.2 Å². The molecule has 4 rings (SSSR count). The lowest BCUT2D eigenvalue weighted by Gasteiger charge is -2.33. The Kier molecular flexibility index (Phi) is 6.15. The molecule has 2 aromatic rings. The van der Waals surface area contributed by atoms with Crippen molar-refractivity contribution in [3.05, 3.63) is 45.2 Å². The average Bonchev–Trinajstić information content (AvgIpc) is 3.11. The van der Waals surface area contributed by atoms with Crippen LogP contribution in [-0.2, 0) is 0 Å². The van der Waals surface area contributed by atoms with Crippen molar-refractivity contribution in [2.75, 3.05) is 46.3 Å². The van der Waals surface area contributed by atoms with Gasteiger partial charge in [-0.15, -0.1) is 11.3 Å². The molecule has 2 aromatic heterocycles. The second kappa shape index (κ2) is 8.81. The Morgan fingerprint density at radius 3 is 2.20 bits per heavy atom. The molecular formula is C22H29N5O2S. The van der Waals surface area contributed by atoms with Gasteiger partial charge in [0.15, 0.2) is 0 Å². The maximum Gasteiger partial charge on any atom is 0.265 e. The zero-order valence-electron chi connectivity index (χ0n) is 17.9. The molecule has 8 heteroatoms. The van der Waals surface area contributed by atoms with E-state index < -0.39 is 0 Å². The van der Waals surface area contributed by atoms with Crippen molar-refractivity contribution in [2.45, 2.75) is 32.6 Å². The van der Waals surface area contributed by atoms with Crippen LogP contribution in [0.15, 0.2) is 18.3 Å². The summed E-state index contributed by atoms with van der Waals surface area (Å²) in [6, 6.07) is 3.89. The van der Waals surface area contributed by atoms with Crippen LogP contribution >= 0.6 is 11.3 Å². The highest BCUT2D eigenvalue weighted by Crippen LogP contribution is 2.29. The van der Waals surface area contributed by atoms with Crippen molar-refractivity contribution in [1.82, 2.24) is 24.7 Å². The van der Waals surface area contributed by atoms with E-state index >= 15 is 0 Å². The Labute approximate surface area is 181 Å². The molecule has 0 aromatic carbocycles. The molecule has 2 amide bonds. The topological polar surface area (TPSA) is 69.6 Å². The van der Waals surface area contributed by atoms with Gasteiger partial charge in [0.1, 0.15) is 4.88 Å². The van der Waals surface area contributed by atoms with Crippen molar-refractivity contribution in [1.29, 1.82) is 0 Å². The molecule has 2 fully saturated rings. The molecule has 2 aliphatic rings. The maximum absolute atomic E-state index is 12.8. The second-order valence-corrected chi connectivity index (χ2v) is 9.48. The number of nitrogens with zero attached hydrogens (tertiary/aromatic N) is 5. The van der Waals surface area contributed by atoms with Crippen LogP contribution in [0.25, 0.3) is 0 Å². The molecule has 0 aliphatic carbocycles. The number of rotatable bonds is 3. The molecule has 2 saturated heterocycles. The largest absolute Gasteiger partial charge is 0.338 e. The number of piperazine rings is 1. The van der Waals surface area contributed by atoms with E-state index in [1.54, 1.807) is 6.20 Å². The molecule has 0 saturated carbocycles. The minimum atomic E-state index is 0.0674. The summed E-state index contributed by atoms with van der Waals surface area (Å²) in [5.74, 6) is 0.488. The Morgan fingerprint density at radius 1 is 0.967 bits per heavy atom. The third-order valence-electron chi connectivity index (χ3n) is 6.12. The van der Waals surface area contributed by atoms with Gasteiger partial charge in [0.25, 0.3) is 11.8 Å². The highest BCUT2D eigenvalue weighted by atomic mass is 32.1. The Balaban J connectivity index is 1.34. The highest BCUT2D eigenvalue weighted by molar-refractivity contribution is 7.13. The monoisotopic (exact) mass is 427 g/mol. The minimum Gasteiger partial charge on any atom is -0.338 e. The van der Waals surface area contributed by atoms with Gasteiger partial charge in [0.05, 0.1) is 16.3 Å². The zero-order chi connectivity index (χ0) is 21.3. The third kappa shape index (κ3) is 4.39. The van der Waals surface area contributed by atoms with Crippen LogP contribution in [0.2, 0.25) is 0 Å². The fourth-order valence-electron chi connectivity index (χ4n) is 4.22. The van der Waals surface area contributed by atoms with E-state index in [0.29, 0.717) is 11.5 Å². The number of likely N-dealkylation sites (N-methyl/N-ethyl adjacent to an activating group) is 1. The van der Waals surface area contributed by atoms with E-state index in [-0.39, 0.29) is 11.8 Å². The maximum atomic E-state index is 12.8. The first kappa shape index (κ1) is 20.9. The number of aryl methyl sites for hydroxylation is 2. The van der Waals surface area contributed by atoms with Gasteiger partial charge in [-0.05, 0) is 45.9 Å². The Hall–Kier alpha value is -2.32. The Morgan fingerprint density at radius 2 is 1.63 bits per heavy atom. The summed E-state index contributed by atoms with van der Waals surface area (Å²) in [5, 5.41) is 0.932. The van der Waals surface area contributed by atoms with Crippen LogP contribution < -0.4 is 0 Å². The smallest absolute Gasteiger partial charge is 0.265 e. The summed E-state index contributed by atoms with van der Waals surface area (Å²) in [6.45, 7) is 8.64. The van der Waals surface area contributed by atoms with Gasteiger partial charge in [-0.2, -0.15) is 0 Å². The van der Waals surface area contributed by atoms with Crippen molar-refractivity contribution in [3.8, 4) is 0 Å². The van der Waals surface area contributed by atoms with Crippen molar-refractivity contribution >= 4 is 23.2 Å². The summed E-state index contributed by atoms with van der Waals surface area (Å²) in [6.07, 6.45) is 3.50. The number of amides is 2. The van der Waals surface area contributed by atoms with Gasteiger partial charge in [-0.25, -0.2) is 4.98 Å². The second-order valence-electron chi connectivity index (χ2n) is 8.28. The number of hydrogen-bond donors (Lipinski definition) is 0. The van der Waals surface area contributed by atoms with Crippen LogP contribution in [-0.4, -0.2) is 82.8 Å². The van der Waals surface area contributed by atoms with Crippen molar-refractivity contribution in [3.63, 3.8) is 0 Å². The van der Waals surface area contributed by atoms with Gasteiger partial charge in [-0.3, -0.25) is 14.6 Å². The predicted octanol–water partition coefficient (Wildman–Crippen LogP) is 2.56. The third-order valence-corrected chi connectivity index (χ3v) is 7.18. The first-order chi connectivity index (χ1) is 14.4. The summed E-state index contributed by atoms with van der Waals surface area (Å²) in [4.78, 5) is 41.3. The van der Waals surface area contributed by atoms with Crippen LogP contribution in [0, 0.1) is 13.8 Å². The molecule has 0 unspecified atom stereocenters. The molecule has 2 aliphatic heterocycles. The number of thiazole rings is 1. The van der Waals surface area contributed by atoms with E-state index in [4.69, 9.17) is 0 Å². The molecule has 4 heterocycles. The Bertz CT molecular complexity index is 910. The molecule has 0 bridgehead atoms. The summed E-state index contributed by atoms with van der Waals surface area (Å²) in [7, 11) is 2.08. The van der Waals surface area contributed by atoms with Crippen molar-refractivity contribution in [2.24, 2.45) is 0 Å². The number of pyridine rings is 1. The van der Waals surface area contributed by atoms with Crippen LogP contribution in [0.5, 0.6) is 0 Å². The van der Waals surface area contributed by atoms with E-state index in [1.165, 1.54) is 11.3 Å². The first-order valence-corrected chi connectivity index (χ1v) is 11.4. The number of aromatic nitrogens is 2. The molecule has 30 heavy (non-hydrogen) atoms. The lowest BCUT2D eigenvalue weighted by Crippen LogP contribution is -2.47. The summed E-state index contributed by atoms with van der Waals surface area (Å²) >= 11 is 1.48. The lowest BCUT2D eigenvalue weighted by molar-refractivity contribution is 0.0662. The average molecular weight is 428 g/mol. The van der Waals surface area contributed by atoms with Crippen molar-refractivity contribution < 1.29 is 9.59 Å². The molecule has 160 valence electrons. The number of carbonyl (C=O) groups excluding carboxylic acids is 2. The van der Waals surface area contributed by atoms with Crippen LogP contribution in [0.4, 0.5) is 0 Å². The van der Waals surface area contributed by atoms with Gasteiger partial charge < -0.3 is 14.7 Å². The predicted molar refractivity (Wildman–Crippen MR) is 117 cm³/mol. The molecule has 0 N–H and O–H groups in total. The standard InChI is InChI=1S/C22H29N5O2S/c1-15-20(30-16(2)24-15)22(29)26-8-6-17(7-9-26)19-5-4-18(14-23-19)21(28)27-12-10-25(3)11-13-27/h4-5,14,17H,6-13H2,1-3H3. The molecule has 7 nitrogen and oxygen atoms in total. The fraction of sp³-hybridized carbons (Fsp3) is 0.545. The van der Waals surface area contributed by atoms with E-state index in [9.17, 15) is 9.59 Å². The van der Waals surface area contributed by atoms with Gasteiger partial charge in [-0.1, -0.05) is 0 Å². The van der Waals surface area contributed by atoms with Gasteiger partial charge >= 0.3 is 0 Å². The fourth-order valence-corrected chi connectivity index (χ4v) is 5.10. The van der Waals surface area contributed by atoms with E-state index in [0.717, 1.165) is 73.4 Å². The van der Waals surface area contributed by atoms with Crippen LogP contribution in [0.3, 0.4) is 0 Å². The van der Waals surface area contributed by atoms with Gasteiger partial charge in [0.2, 0.25) is 0 Å². The SMILES string of the molecule is Cc1nc(C)c(C(=O)N2CCC(c3ccc(C(=O)N4CCN(C)CC4)cn3)CC2)s1. The summed E-state index contributed by atoms with van der Waals surface area (Å²) in [5.41, 5.74) is 2.50. The molecular weight excluding hydrogens is 398 g/mol. The normalized spacial score (nSPS) is 18.6. The van der Waals surface area contributed by atoms with Gasteiger partial charge in [0, 0.05) is 57.1 Å². The number of likely N-dealkylation sites (tertiary alicyclic amines) is 1. The summed E-state index contributed by atoms with van der Waals surface area (Å²) < 4.78 is 0. The quantitative estimate of drug-likeness (QED) is 0.753. The molecule has 0 atom stereocenters.